The van der Waals surface area contributed by atoms with Gasteiger partial charge in [0.15, 0.2) is 0 Å². The highest BCUT2D eigenvalue weighted by molar-refractivity contribution is 7.98. The molecule has 0 saturated carbocycles. The van der Waals surface area contributed by atoms with E-state index in [2.05, 4.69) is 0 Å². The van der Waals surface area contributed by atoms with E-state index in [0.717, 1.165) is 22.5 Å². The fourth-order valence-electron chi connectivity index (χ4n) is 1.44. The molecule has 1 N–H and O–H groups in total. The average molecular weight is 244 g/mol. The van der Waals surface area contributed by atoms with Crippen molar-refractivity contribution in [1.29, 1.82) is 0 Å². The van der Waals surface area contributed by atoms with Gasteiger partial charge in [-0.2, -0.15) is 0 Å². The highest BCUT2D eigenvalue weighted by Crippen LogP contribution is 2.24. The van der Waals surface area contributed by atoms with Crippen LogP contribution in [-0.4, -0.2) is 11.4 Å². The molecule has 0 aliphatic heterocycles. The van der Waals surface area contributed by atoms with E-state index >= 15 is 0 Å². The van der Waals surface area contributed by atoms with E-state index in [-0.39, 0.29) is 5.75 Å². The van der Waals surface area contributed by atoms with Crippen LogP contribution in [0.15, 0.2) is 53.4 Å². The molecule has 0 saturated heterocycles. The maximum absolute atomic E-state index is 10.6. The lowest BCUT2D eigenvalue weighted by Crippen LogP contribution is -1.82. The summed E-state index contributed by atoms with van der Waals surface area (Å²) in [7, 11) is 0. The number of aromatic hydroxyl groups is 1. The van der Waals surface area contributed by atoms with E-state index in [4.69, 9.17) is 5.11 Å². The zero-order valence-corrected chi connectivity index (χ0v) is 9.98. The molecule has 0 atom stereocenters. The minimum Gasteiger partial charge on any atom is -0.508 e. The third-order valence-electron chi connectivity index (χ3n) is 2.34. The Bertz CT molecular complexity index is 506. The minimum absolute atomic E-state index is 0.279. The van der Waals surface area contributed by atoms with Gasteiger partial charge in [-0.1, -0.05) is 24.3 Å². The van der Waals surface area contributed by atoms with Crippen molar-refractivity contribution in [2.24, 2.45) is 0 Å². The number of thioether (sulfide) groups is 1. The Morgan fingerprint density at radius 1 is 1.12 bits per heavy atom. The van der Waals surface area contributed by atoms with Crippen LogP contribution in [0.2, 0.25) is 0 Å². The standard InChI is InChI=1S/C14H12O2S/c15-9-12-2-1-3-14(8-12)17-10-11-4-6-13(16)7-5-11/h1-9,16H,10H2. The van der Waals surface area contributed by atoms with Crippen LogP contribution in [0.1, 0.15) is 15.9 Å². The lowest BCUT2D eigenvalue weighted by molar-refractivity contribution is 0.112. The Morgan fingerprint density at radius 2 is 1.88 bits per heavy atom. The van der Waals surface area contributed by atoms with Crippen LogP contribution < -0.4 is 0 Å². The third-order valence-corrected chi connectivity index (χ3v) is 3.40. The van der Waals surface area contributed by atoms with Gasteiger partial charge < -0.3 is 5.11 Å². The summed E-state index contributed by atoms with van der Waals surface area (Å²) in [6, 6.07) is 14.7. The fraction of sp³-hybridized carbons (Fsp3) is 0.0714. The number of hydrogen-bond acceptors (Lipinski definition) is 3. The molecule has 0 fully saturated rings. The van der Waals surface area contributed by atoms with Gasteiger partial charge in [0.2, 0.25) is 0 Å². The predicted octanol–water partition coefficient (Wildman–Crippen LogP) is 3.50. The molecule has 0 radical (unpaired) electrons. The Kier molecular flexibility index (Phi) is 3.83. The molecular weight excluding hydrogens is 232 g/mol. The predicted molar refractivity (Wildman–Crippen MR) is 69.5 cm³/mol. The van der Waals surface area contributed by atoms with Gasteiger partial charge >= 0.3 is 0 Å². The summed E-state index contributed by atoms with van der Waals surface area (Å²) in [5.41, 5.74) is 1.84. The summed E-state index contributed by atoms with van der Waals surface area (Å²) in [6.07, 6.45) is 0.852. The van der Waals surface area contributed by atoms with Gasteiger partial charge in [-0.05, 0) is 29.8 Å². The number of aldehydes is 1. The Balaban J connectivity index is 2.01. The van der Waals surface area contributed by atoms with Gasteiger partial charge in [-0.3, -0.25) is 4.79 Å². The van der Waals surface area contributed by atoms with Crippen molar-refractivity contribution in [3.05, 3.63) is 59.7 Å². The first-order valence-corrected chi connectivity index (χ1v) is 6.22. The maximum atomic E-state index is 10.6. The number of phenolic OH excluding ortho intramolecular Hbond substituents is 1. The zero-order chi connectivity index (χ0) is 12.1. The van der Waals surface area contributed by atoms with Crippen molar-refractivity contribution in [3.8, 4) is 5.75 Å². The van der Waals surface area contributed by atoms with Crippen LogP contribution >= 0.6 is 11.8 Å². The van der Waals surface area contributed by atoms with Gasteiger partial charge in [0.25, 0.3) is 0 Å². The second kappa shape index (κ2) is 5.55. The van der Waals surface area contributed by atoms with Crippen LogP contribution in [0.5, 0.6) is 5.75 Å². The number of carbonyl (C=O) groups is 1. The quantitative estimate of drug-likeness (QED) is 0.660. The molecule has 3 heteroatoms. The van der Waals surface area contributed by atoms with E-state index in [1.54, 1.807) is 30.0 Å². The van der Waals surface area contributed by atoms with E-state index in [0.29, 0.717) is 5.56 Å². The molecule has 86 valence electrons. The van der Waals surface area contributed by atoms with Crippen LogP contribution in [0.25, 0.3) is 0 Å². The number of hydrogen-bond donors (Lipinski definition) is 1. The lowest BCUT2D eigenvalue weighted by atomic mass is 10.2. The minimum atomic E-state index is 0.279. The van der Waals surface area contributed by atoms with Crippen molar-refractivity contribution in [2.45, 2.75) is 10.6 Å². The monoisotopic (exact) mass is 244 g/mol. The van der Waals surface area contributed by atoms with Crippen LogP contribution in [-0.2, 0) is 5.75 Å². The third kappa shape index (κ3) is 3.36. The summed E-state index contributed by atoms with van der Waals surface area (Å²) >= 11 is 1.67. The van der Waals surface area contributed by atoms with Crippen molar-refractivity contribution < 1.29 is 9.90 Å². The first-order valence-electron chi connectivity index (χ1n) is 5.24. The average Bonchev–Trinajstić information content (AvgIpc) is 2.38. The number of rotatable bonds is 4. The fourth-order valence-corrected chi connectivity index (χ4v) is 2.36. The normalized spacial score (nSPS) is 10.1. The summed E-state index contributed by atoms with van der Waals surface area (Å²) in [5.74, 6) is 1.10. The van der Waals surface area contributed by atoms with Crippen molar-refractivity contribution >= 4 is 18.0 Å². The van der Waals surface area contributed by atoms with Gasteiger partial charge in [0, 0.05) is 16.2 Å². The summed E-state index contributed by atoms with van der Waals surface area (Å²) < 4.78 is 0. The zero-order valence-electron chi connectivity index (χ0n) is 9.17. The summed E-state index contributed by atoms with van der Waals surface area (Å²) in [4.78, 5) is 11.7. The van der Waals surface area contributed by atoms with Crippen molar-refractivity contribution in [1.82, 2.24) is 0 Å². The summed E-state index contributed by atoms with van der Waals surface area (Å²) in [6.45, 7) is 0. The molecule has 0 aromatic heterocycles. The molecule has 0 heterocycles. The molecule has 2 nitrogen and oxygen atoms in total. The molecule has 0 aliphatic rings. The molecule has 0 bridgehead atoms. The second-order valence-electron chi connectivity index (χ2n) is 3.65. The van der Waals surface area contributed by atoms with Gasteiger partial charge in [-0.25, -0.2) is 0 Å². The molecule has 0 amide bonds. The highest BCUT2D eigenvalue weighted by atomic mass is 32.2. The largest absolute Gasteiger partial charge is 0.508 e. The molecule has 0 aliphatic carbocycles. The van der Waals surface area contributed by atoms with Crippen molar-refractivity contribution in [2.75, 3.05) is 0 Å². The Hall–Kier alpha value is -1.74. The second-order valence-corrected chi connectivity index (χ2v) is 4.69. The van der Waals surface area contributed by atoms with E-state index in [9.17, 15) is 4.79 Å². The molecular formula is C14H12O2S. The molecule has 2 rings (SSSR count). The van der Waals surface area contributed by atoms with Gasteiger partial charge in [0.05, 0.1) is 0 Å². The van der Waals surface area contributed by atoms with Gasteiger partial charge in [0.1, 0.15) is 12.0 Å². The number of phenols is 1. The summed E-state index contributed by atoms with van der Waals surface area (Å²) in [5, 5.41) is 9.16. The van der Waals surface area contributed by atoms with Crippen LogP contribution in [0.4, 0.5) is 0 Å². The first-order chi connectivity index (χ1) is 8.28. The topological polar surface area (TPSA) is 37.3 Å². The molecule has 17 heavy (non-hydrogen) atoms. The number of benzene rings is 2. The SMILES string of the molecule is O=Cc1cccc(SCc2ccc(O)cc2)c1. The smallest absolute Gasteiger partial charge is 0.150 e. The van der Waals surface area contributed by atoms with E-state index in [1.807, 2.05) is 30.3 Å². The molecule has 0 unspecified atom stereocenters. The molecule has 0 spiro atoms. The molecule has 2 aromatic rings. The van der Waals surface area contributed by atoms with Crippen LogP contribution in [0.3, 0.4) is 0 Å². The molecule has 2 aromatic carbocycles. The van der Waals surface area contributed by atoms with Crippen molar-refractivity contribution in [3.63, 3.8) is 0 Å². The highest BCUT2D eigenvalue weighted by Gasteiger charge is 1.98. The van der Waals surface area contributed by atoms with Gasteiger partial charge in [-0.15, -0.1) is 11.8 Å². The Morgan fingerprint density at radius 3 is 2.59 bits per heavy atom. The number of carbonyl (C=O) groups excluding carboxylic acids is 1. The maximum Gasteiger partial charge on any atom is 0.150 e. The van der Waals surface area contributed by atoms with E-state index < -0.39 is 0 Å². The Labute approximate surface area is 104 Å². The lowest BCUT2D eigenvalue weighted by Gasteiger charge is -2.03. The van der Waals surface area contributed by atoms with E-state index in [1.165, 1.54) is 0 Å². The first kappa shape index (κ1) is 11.7. The van der Waals surface area contributed by atoms with Crippen LogP contribution in [0, 0.1) is 0 Å².